The molecule has 8 heteroatoms. The van der Waals surface area contributed by atoms with Crippen LogP contribution in [0.1, 0.15) is 30.4 Å². The van der Waals surface area contributed by atoms with Crippen LogP contribution in [0.15, 0.2) is 78.9 Å². The van der Waals surface area contributed by atoms with Crippen LogP contribution in [-0.4, -0.2) is 75.1 Å². The van der Waals surface area contributed by atoms with Gasteiger partial charge in [-0.15, -0.1) is 0 Å². The van der Waals surface area contributed by atoms with Crippen LogP contribution >= 0.6 is 0 Å². The number of anilines is 1. The molecule has 0 spiro atoms. The van der Waals surface area contributed by atoms with E-state index in [4.69, 9.17) is 14.2 Å². The second kappa shape index (κ2) is 14.6. The molecule has 3 aromatic carbocycles. The fourth-order valence-corrected chi connectivity index (χ4v) is 6.40. The minimum Gasteiger partial charge on any atom is -0.446 e. The van der Waals surface area contributed by atoms with Crippen molar-refractivity contribution in [3.63, 3.8) is 0 Å². The highest BCUT2D eigenvalue weighted by Crippen LogP contribution is 2.40. The van der Waals surface area contributed by atoms with Crippen LogP contribution in [0.4, 0.5) is 10.5 Å². The van der Waals surface area contributed by atoms with Crippen molar-refractivity contribution in [2.75, 3.05) is 46.2 Å². The molecule has 1 heterocycles. The summed E-state index contributed by atoms with van der Waals surface area (Å²) >= 11 is 0. The van der Waals surface area contributed by atoms with Gasteiger partial charge in [0, 0.05) is 52.9 Å². The van der Waals surface area contributed by atoms with Gasteiger partial charge in [-0.1, -0.05) is 72.8 Å². The lowest BCUT2D eigenvalue weighted by Gasteiger charge is -2.22. The number of aryl methyl sites for hydroxylation is 1. The average molecular weight is 586 g/mol. The van der Waals surface area contributed by atoms with Gasteiger partial charge in [-0.25, -0.2) is 4.79 Å². The number of carbonyl (C=O) groups excluding carboxylic acids is 2. The molecule has 2 amide bonds. The Labute approximate surface area is 254 Å². The zero-order valence-corrected chi connectivity index (χ0v) is 25.4. The summed E-state index contributed by atoms with van der Waals surface area (Å²) in [6, 6.07) is 26.5. The topological polar surface area (TPSA) is 80.3 Å². The predicted molar refractivity (Wildman–Crippen MR) is 167 cm³/mol. The van der Waals surface area contributed by atoms with Crippen molar-refractivity contribution >= 4 is 17.7 Å². The van der Waals surface area contributed by atoms with Gasteiger partial charge in [0.1, 0.15) is 6.10 Å². The molecule has 1 saturated heterocycles. The van der Waals surface area contributed by atoms with Crippen molar-refractivity contribution in [1.82, 2.24) is 9.80 Å². The number of para-hydroxylation sites is 1. The molecule has 8 nitrogen and oxygen atoms in total. The van der Waals surface area contributed by atoms with Gasteiger partial charge in [-0.2, -0.15) is 0 Å². The van der Waals surface area contributed by atoms with Crippen LogP contribution in [-0.2, 0) is 32.0 Å². The van der Waals surface area contributed by atoms with Gasteiger partial charge in [0.15, 0.2) is 6.29 Å². The van der Waals surface area contributed by atoms with Gasteiger partial charge >= 0.3 is 6.09 Å². The molecular formula is C35H43N3O5. The first-order chi connectivity index (χ1) is 20.9. The van der Waals surface area contributed by atoms with Gasteiger partial charge in [-0.05, 0) is 53.9 Å². The molecule has 1 aliphatic heterocycles. The molecule has 228 valence electrons. The number of methoxy groups -OCH3 is 2. The molecule has 2 aliphatic rings. The van der Waals surface area contributed by atoms with E-state index in [1.54, 1.807) is 26.2 Å². The lowest BCUT2D eigenvalue weighted by molar-refractivity contribution is -0.143. The van der Waals surface area contributed by atoms with E-state index < -0.39 is 6.29 Å². The summed E-state index contributed by atoms with van der Waals surface area (Å²) in [6.45, 7) is 3.36. The van der Waals surface area contributed by atoms with E-state index in [1.807, 2.05) is 54.6 Å². The molecule has 0 aromatic heterocycles. The van der Waals surface area contributed by atoms with E-state index in [0.717, 1.165) is 54.9 Å². The molecule has 3 aromatic rings. The number of hydrogen-bond acceptors (Lipinski definition) is 6. The maximum atomic E-state index is 12.8. The van der Waals surface area contributed by atoms with Gasteiger partial charge in [-0.3, -0.25) is 15.0 Å². The van der Waals surface area contributed by atoms with Crippen molar-refractivity contribution in [3.8, 4) is 11.1 Å². The monoisotopic (exact) mass is 585 g/mol. The Morgan fingerprint density at radius 3 is 2.19 bits per heavy atom. The Morgan fingerprint density at radius 1 is 0.884 bits per heavy atom. The minimum absolute atomic E-state index is 0.0445. The van der Waals surface area contributed by atoms with Crippen molar-refractivity contribution in [1.29, 1.82) is 0 Å². The molecule has 2 fully saturated rings. The number of benzene rings is 3. The number of ether oxygens (including phenoxy) is 3. The summed E-state index contributed by atoms with van der Waals surface area (Å²) in [5, 5.41) is 2.98. The van der Waals surface area contributed by atoms with Crippen LogP contribution in [0.2, 0.25) is 0 Å². The van der Waals surface area contributed by atoms with E-state index in [0.29, 0.717) is 31.2 Å². The number of likely N-dealkylation sites (N-methyl/N-ethyl adjacent to an activating group) is 1. The highest BCUT2D eigenvalue weighted by Gasteiger charge is 2.42. The van der Waals surface area contributed by atoms with Crippen LogP contribution in [0.25, 0.3) is 11.1 Å². The lowest BCUT2D eigenvalue weighted by Crippen LogP contribution is -2.36. The van der Waals surface area contributed by atoms with Crippen molar-refractivity contribution in [2.45, 2.75) is 44.6 Å². The van der Waals surface area contributed by atoms with E-state index >= 15 is 0 Å². The zero-order chi connectivity index (χ0) is 30.2. The number of rotatable bonds is 12. The predicted octanol–water partition coefficient (Wildman–Crippen LogP) is 5.82. The van der Waals surface area contributed by atoms with Gasteiger partial charge in [0.25, 0.3) is 0 Å². The molecule has 3 atom stereocenters. The number of nitrogens with zero attached hydrogens (tertiary/aromatic N) is 2. The minimum atomic E-state index is -0.412. The maximum absolute atomic E-state index is 12.8. The Kier molecular flexibility index (Phi) is 10.5. The normalized spacial score (nSPS) is 19.8. The third kappa shape index (κ3) is 8.22. The molecule has 0 bridgehead atoms. The van der Waals surface area contributed by atoms with Gasteiger partial charge in [0.2, 0.25) is 5.91 Å². The summed E-state index contributed by atoms with van der Waals surface area (Å²) < 4.78 is 16.3. The summed E-state index contributed by atoms with van der Waals surface area (Å²) in [4.78, 5) is 29.5. The second-order valence-corrected chi connectivity index (χ2v) is 11.7. The van der Waals surface area contributed by atoms with Crippen molar-refractivity contribution in [2.24, 2.45) is 11.8 Å². The average Bonchev–Trinajstić information content (AvgIpc) is 3.57. The number of amides is 2. The van der Waals surface area contributed by atoms with Gasteiger partial charge < -0.3 is 19.1 Å². The largest absolute Gasteiger partial charge is 0.446 e. The van der Waals surface area contributed by atoms with Gasteiger partial charge in [0.05, 0.1) is 12.2 Å². The summed E-state index contributed by atoms with van der Waals surface area (Å²) in [6.07, 6.45) is 2.13. The number of carbonyl (C=O) groups is 2. The second-order valence-electron chi connectivity index (χ2n) is 11.7. The molecule has 1 saturated carbocycles. The maximum Gasteiger partial charge on any atom is 0.411 e. The number of nitrogens with one attached hydrogen (secondary N) is 1. The number of hydrogen-bond donors (Lipinski definition) is 1. The first-order valence-electron chi connectivity index (χ1n) is 15.1. The van der Waals surface area contributed by atoms with E-state index in [1.165, 1.54) is 5.56 Å². The quantitative estimate of drug-likeness (QED) is 0.270. The Hall–Kier alpha value is -3.72. The SMILES string of the molecule is COC(CN(C)C(=O)CCc1ccc(CN2C[C@H]3CC(OC(=O)Nc4ccccc4-c4ccccc4)C[C@H]3C2)cc1)OC. The molecule has 1 N–H and O–H groups in total. The molecular weight excluding hydrogens is 542 g/mol. The fraction of sp³-hybridized carbons (Fsp3) is 0.429. The van der Waals surface area contributed by atoms with Crippen LogP contribution < -0.4 is 5.32 Å². The number of likely N-dealkylation sites (tertiary alicyclic amines) is 1. The fourth-order valence-electron chi connectivity index (χ4n) is 6.40. The van der Waals surface area contributed by atoms with Crippen LogP contribution in [0, 0.1) is 11.8 Å². The Balaban J connectivity index is 1.04. The highest BCUT2D eigenvalue weighted by atomic mass is 16.7. The third-order valence-corrected chi connectivity index (χ3v) is 8.74. The Bertz CT molecular complexity index is 1330. The first kappa shape index (κ1) is 30.7. The first-order valence-corrected chi connectivity index (χ1v) is 15.1. The number of fused-ring (bicyclic) bond motifs is 1. The molecule has 1 aliphatic carbocycles. The molecule has 0 radical (unpaired) electrons. The van der Waals surface area contributed by atoms with E-state index in [2.05, 4.69) is 34.5 Å². The Morgan fingerprint density at radius 2 is 1.51 bits per heavy atom. The summed E-state index contributed by atoms with van der Waals surface area (Å²) in [5.41, 5.74) is 5.23. The summed E-state index contributed by atoms with van der Waals surface area (Å²) in [7, 11) is 4.92. The van der Waals surface area contributed by atoms with Crippen molar-refractivity contribution < 1.29 is 23.8 Å². The third-order valence-electron chi connectivity index (χ3n) is 8.74. The highest BCUT2D eigenvalue weighted by molar-refractivity contribution is 5.91. The molecule has 43 heavy (non-hydrogen) atoms. The lowest BCUT2D eigenvalue weighted by atomic mass is 10.0. The smallest absolute Gasteiger partial charge is 0.411 e. The van der Waals surface area contributed by atoms with E-state index in [-0.39, 0.29) is 18.1 Å². The zero-order valence-electron chi connectivity index (χ0n) is 25.4. The van der Waals surface area contributed by atoms with Crippen molar-refractivity contribution in [3.05, 3.63) is 90.0 Å². The standard InChI is InChI=1S/C35H43N3O5/c1-37(24-34(41-2)42-3)33(39)18-17-25-13-15-26(16-14-25)21-38-22-28-19-30(20-29(28)23-38)43-35(40)36-32-12-8-7-11-31(32)27-9-5-4-6-10-27/h4-16,28-30,34H,17-24H2,1-3H3,(H,36,40)/t28-,29+,30?. The summed E-state index contributed by atoms with van der Waals surface area (Å²) in [5.74, 6) is 1.17. The molecule has 5 rings (SSSR count). The van der Waals surface area contributed by atoms with Crippen LogP contribution in [0.5, 0.6) is 0 Å². The van der Waals surface area contributed by atoms with E-state index in [9.17, 15) is 9.59 Å². The molecule has 1 unspecified atom stereocenters. The van der Waals surface area contributed by atoms with Crippen LogP contribution in [0.3, 0.4) is 0 Å².